The monoisotopic (exact) mass is 311 g/mol. The van der Waals surface area contributed by atoms with Crippen LogP contribution < -0.4 is 9.47 Å². The SMILES string of the molecule is COc1ccc(COc2cncc(Br)c2)c(F)c1. The van der Waals surface area contributed by atoms with Crippen LogP contribution in [0.15, 0.2) is 41.1 Å². The number of halogens is 2. The van der Waals surface area contributed by atoms with Crippen LogP contribution in [0.4, 0.5) is 4.39 Å². The summed E-state index contributed by atoms with van der Waals surface area (Å²) in [7, 11) is 1.50. The molecule has 0 unspecified atom stereocenters. The summed E-state index contributed by atoms with van der Waals surface area (Å²) >= 11 is 3.29. The van der Waals surface area contributed by atoms with Gasteiger partial charge in [0.05, 0.1) is 13.3 Å². The third-order valence-electron chi connectivity index (χ3n) is 2.33. The summed E-state index contributed by atoms with van der Waals surface area (Å²) in [5.41, 5.74) is 0.468. The Kier molecular flexibility index (Phi) is 4.15. The molecule has 0 amide bonds. The Morgan fingerprint density at radius 3 is 2.72 bits per heavy atom. The number of nitrogens with zero attached hydrogens (tertiary/aromatic N) is 1. The summed E-state index contributed by atoms with van der Waals surface area (Å²) in [6.07, 6.45) is 3.23. The zero-order chi connectivity index (χ0) is 13.0. The second kappa shape index (κ2) is 5.82. The maximum atomic E-state index is 13.6. The van der Waals surface area contributed by atoms with Crippen LogP contribution in [0.5, 0.6) is 11.5 Å². The van der Waals surface area contributed by atoms with E-state index in [0.717, 1.165) is 4.47 Å². The highest BCUT2D eigenvalue weighted by Crippen LogP contribution is 2.20. The first-order valence-corrected chi connectivity index (χ1v) is 6.04. The molecule has 3 nitrogen and oxygen atoms in total. The number of rotatable bonds is 4. The number of benzene rings is 1. The van der Waals surface area contributed by atoms with Crippen molar-refractivity contribution in [1.82, 2.24) is 4.98 Å². The Hall–Kier alpha value is -1.62. The molecule has 5 heteroatoms. The van der Waals surface area contributed by atoms with Gasteiger partial charge in [0.25, 0.3) is 0 Å². The van der Waals surface area contributed by atoms with E-state index in [1.807, 2.05) is 0 Å². The van der Waals surface area contributed by atoms with Gasteiger partial charge in [-0.05, 0) is 34.1 Å². The van der Waals surface area contributed by atoms with Crippen molar-refractivity contribution in [3.8, 4) is 11.5 Å². The third-order valence-corrected chi connectivity index (χ3v) is 2.77. The lowest BCUT2D eigenvalue weighted by atomic mass is 10.2. The van der Waals surface area contributed by atoms with Crippen LogP contribution in [0, 0.1) is 5.82 Å². The highest BCUT2D eigenvalue weighted by molar-refractivity contribution is 9.10. The van der Waals surface area contributed by atoms with E-state index >= 15 is 0 Å². The van der Waals surface area contributed by atoms with Crippen LogP contribution in [0.25, 0.3) is 0 Å². The van der Waals surface area contributed by atoms with Gasteiger partial charge < -0.3 is 9.47 Å². The van der Waals surface area contributed by atoms with Crippen LogP contribution in [0.3, 0.4) is 0 Å². The lowest BCUT2D eigenvalue weighted by molar-refractivity contribution is 0.298. The molecule has 0 aliphatic carbocycles. The molecule has 2 aromatic rings. The Bertz CT molecular complexity index is 548. The Labute approximate surface area is 113 Å². The zero-order valence-electron chi connectivity index (χ0n) is 9.69. The van der Waals surface area contributed by atoms with E-state index in [0.29, 0.717) is 17.1 Å². The molecular formula is C13H11BrFNO2. The number of methoxy groups -OCH3 is 1. The molecule has 0 aliphatic rings. The van der Waals surface area contributed by atoms with Crippen molar-refractivity contribution >= 4 is 15.9 Å². The van der Waals surface area contributed by atoms with Crippen molar-refractivity contribution in [1.29, 1.82) is 0 Å². The van der Waals surface area contributed by atoms with Crippen molar-refractivity contribution in [2.24, 2.45) is 0 Å². The van der Waals surface area contributed by atoms with Crippen molar-refractivity contribution in [2.75, 3.05) is 7.11 Å². The van der Waals surface area contributed by atoms with Crippen molar-refractivity contribution in [3.05, 3.63) is 52.5 Å². The summed E-state index contributed by atoms with van der Waals surface area (Å²) in [5, 5.41) is 0. The molecule has 0 aliphatic heterocycles. The highest BCUT2D eigenvalue weighted by atomic mass is 79.9. The molecule has 0 saturated carbocycles. The van der Waals surface area contributed by atoms with E-state index in [2.05, 4.69) is 20.9 Å². The minimum Gasteiger partial charge on any atom is -0.497 e. The fourth-order valence-electron chi connectivity index (χ4n) is 1.40. The van der Waals surface area contributed by atoms with E-state index in [1.54, 1.807) is 30.6 Å². The van der Waals surface area contributed by atoms with Gasteiger partial charge in [0, 0.05) is 22.3 Å². The molecule has 0 saturated heterocycles. The maximum Gasteiger partial charge on any atom is 0.139 e. The predicted molar refractivity (Wildman–Crippen MR) is 69.2 cm³/mol. The molecule has 2 rings (SSSR count). The molecule has 0 spiro atoms. The molecule has 0 radical (unpaired) electrons. The van der Waals surface area contributed by atoms with E-state index in [9.17, 15) is 4.39 Å². The van der Waals surface area contributed by atoms with Gasteiger partial charge in [-0.3, -0.25) is 4.98 Å². The lowest BCUT2D eigenvalue weighted by Gasteiger charge is -2.08. The molecule has 0 atom stereocenters. The van der Waals surface area contributed by atoms with E-state index < -0.39 is 0 Å². The van der Waals surface area contributed by atoms with Gasteiger partial charge in [-0.2, -0.15) is 0 Å². The quantitative estimate of drug-likeness (QED) is 0.865. The Balaban J connectivity index is 2.06. The summed E-state index contributed by atoms with van der Waals surface area (Å²) in [6.45, 7) is 0.147. The van der Waals surface area contributed by atoms with Gasteiger partial charge in [-0.1, -0.05) is 0 Å². The van der Waals surface area contributed by atoms with Crippen molar-refractivity contribution in [2.45, 2.75) is 6.61 Å². The van der Waals surface area contributed by atoms with Gasteiger partial charge in [0.15, 0.2) is 0 Å². The van der Waals surface area contributed by atoms with Crippen LogP contribution in [0.2, 0.25) is 0 Å². The smallest absolute Gasteiger partial charge is 0.139 e. The standard InChI is InChI=1S/C13H11BrFNO2/c1-17-11-3-2-9(13(15)5-11)8-18-12-4-10(14)6-16-7-12/h2-7H,8H2,1H3. The van der Waals surface area contributed by atoms with Crippen LogP contribution in [-0.2, 0) is 6.61 Å². The van der Waals surface area contributed by atoms with E-state index in [4.69, 9.17) is 9.47 Å². The zero-order valence-corrected chi connectivity index (χ0v) is 11.3. The fraction of sp³-hybridized carbons (Fsp3) is 0.154. The van der Waals surface area contributed by atoms with Crippen molar-refractivity contribution in [3.63, 3.8) is 0 Å². The molecule has 0 fully saturated rings. The van der Waals surface area contributed by atoms with E-state index in [1.165, 1.54) is 13.2 Å². The lowest BCUT2D eigenvalue weighted by Crippen LogP contribution is -1.99. The summed E-state index contributed by atoms with van der Waals surface area (Å²) in [5.74, 6) is 0.720. The number of ether oxygens (including phenoxy) is 2. The maximum absolute atomic E-state index is 13.6. The normalized spacial score (nSPS) is 10.2. The molecule has 94 valence electrons. The topological polar surface area (TPSA) is 31.4 Å². The first-order valence-electron chi connectivity index (χ1n) is 5.25. The first kappa shape index (κ1) is 12.8. The van der Waals surface area contributed by atoms with Crippen LogP contribution >= 0.6 is 15.9 Å². The summed E-state index contributed by atoms with van der Waals surface area (Å²) in [6, 6.07) is 6.44. The molecule has 1 aromatic heterocycles. The first-order chi connectivity index (χ1) is 8.69. The Morgan fingerprint density at radius 2 is 2.06 bits per heavy atom. The van der Waals surface area contributed by atoms with Gasteiger partial charge in [-0.25, -0.2) is 4.39 Å². The van der Waals surface area contributed by atoms with Crippen LogP contribution in [0.1, 0.15) is 5.56 Å². The average molecular weight is 312 g/mol. The summed E-state index contributed by atoms with van der Waals surface area (Å²) < 4.78 is 24.8. The van der Waals surface area contributed by atoms with Gasteiger partial charge >= 0.3 is 0 Å². The Morgan fingerprint density at radius 1 is 1.22 bits per heavy atom. The largest absolute Gasteiger partial charge is 0.497 e. The van der Waals surface area contributed by atoms with Crippen LogP contribution in [-0.4, -0.2) is 12.1 Å². The second-order valence-electron chi connectivity index (χ2n) is 3.58. The van der Waals surface area contributed by atoms with Gasteiger partial charge in [0.2, 0.25) is 0 Å². The number of hydrogen-bond acceptors (Lipinski definition) is 3. The van der Waals surface area contributed by atoms with Gasteiger partial charge in [-0.15, -0.1) is 0 Å². The number of pyridine rings is 1. The number of aromatic nitrogens is 1. The minimum atomic E-state index is -0.350. The number of hydrogen-bond donors (Lipinski definition) is 0. The molecule has 1 heterocycles. The third kappa shape index (κ3) is 3.20. The predicted octanol–water partition coefficient (Wildman–Crippen LogP) is 3.57. The fourth-order valence-corrected chi connectivity index (χ4v) is 1.75. The highest BCUT2D eigenvalue weighted by Gasteiger charge is 2.05. The molecule has 18 heavy (non-hydrogen) atoms. The molecule has 0 N–H and O–H groups in total. The molecule has 1 aromatic carbocycles. The van der Waals surface area contributed by atoms with Gasteiger partial charge in [0.1, 0.15) is 23.9 Å². The summed E-state index contributed by atoms with van der Waals surface area (Å²) in [4.78, 5) is 3.96. The molecular weight excluding hydrogens is 301 g/mol. The average Bonchev–Trinajstić information content (AvgIpc) is 2.37. The second-order valence-corrected chi connectivity index (χ2v) is 4.50. The molecule has 0 bridgehead atoms. The van der Waals surface area contributed by atoms with Crippen molar-refractivity contribution < 1.29 is 13.9 Å². The van der Waals surface area contributed by atoms with E-state index in [-0.39, 0.29) is 12.4 Å². The minimum absolute atomic E-state index is 0.147.